The van der Waals surface area contributed by atoms with E-state index in [0.29, 0.717) is 28.8 Å². The van der Waals surface area contributed by atoms with E-state index in [9.17, 15) is 9.18 Å². The lowest BCUT2D eigenvalue weighted by Gasteiger charge is -2.18. The fourth-order valence-electron chi connectivity index (χ4n) is 2.90. The molecular weight excluding hydrogens is 359 g/mol. The van der Waals surface area contributed by atoms with Crippen molar-refractivity contribution < 1.29 is 18.7 Å². The molecule has 0 saturated heterocycles. The summed E-state index contributed by atoms with van der Waals surface area (Å²) in [7, 11) is 2.99. The Bertz CT molecular complexity index is 807. The van der Waals surface area contributed by atoms with Crippen molar-refractivity contribution in [2.45, 2.75) is 18.3 Å². The Labute approximate surface area is 156 Å². The van der Waals surface area contributed by atoms with Crippen LogP contribution in [0.1, 0.15) is 18.4 Å². The topological polar surface area (TPSA) is 59.6 Å². The van der Waals surface area contributed by atoms with Crippen LogP contribution in [0, 0.1) is 5.82 Å². The molecule has 2 N–H and O–H groups in total. The lowest BCUT2D eigenvalue weighted by atomic mass is 9.96. The largest absolute Gasteiger partial charge is 0.495 e. The van der Waals surface area contributed by atoms with Gasteiger partial charge in [-0.25, -0.2) is 9.18 Å². The minimum absolute atomic E-state index is 0.118. The van der Waals surface area contributed by atoms with Gasteiger partial charge in [0.2, 0.25) is 0 Å². The molecule has 0 radical (unpaired) electrons. The first-order valence-corrected chi connectivity index (χ1v) is 8.58. The number of urea groups is 1. The third-order valence-corrected chi connectivity index (χ3v) is 4.91. The molecular formula is C19H20ClFN2O3. The molecule has 1 saturated carbocycles. The van der Waals surface area contributed by atoms with Crippen LogP contribution in [0.15, 0.2) is 36.4 Å². The zero-order valence-electron chi connectivity index (χ0n) is 14.6. The Morgan fingerprint density at radius 2 is 1.81 bits per heavy atom. The molecule has 138 valence electrons. The number of rotatable bonds is 6. The van der Waals surface area contributed by atoms with Crippen LogP contribution in [0.5, 0.6) is 11.5 Å². The third kappa shape index (κ3) is 3.85. The van der Waals surface area contributed by atoms with Crippen molar-refractivity contribution in [2.24, 2.45) is 0 Å². The van der Waals surface area contributed by atoms with Crippen molar-refractivity contribution >= 4 is 23.3 Å². The summed E-state index contributed by atoms with van der Waals surface area (Å²) in [5.74, 6) is 0.609. The second-order valence-corrected chi connectivity index (χ2v) is 6.69. The van der Waals surface area contributed by atoms with Crippen LogP contribution >= 0.6 is 11.6 Å². The molecule has 7 heteroatoms. The fourth-order valence-corrected chi connectivity index (χ4v) is 3.13. The SMILES string of the molecule is COc1cc(NC(=O)NCC2(c3ccc(F)cc3)CC2)c(OC)cc1Cl. The van der Waals surface area contributed by atoms with E-state index in [1.807, 2.05) is 0 Å². The maximum atomic E-state index is 13.1. The van der Waals surface area contributed by atoms with Crippen LogP contribution < -0.4 is 20.1 Å². The minimum atomic E-state index is -0.360. The molecule has 3 rings (SSSR count). The average Bonchev–Trinajstić information content (AvgIpc) is 3.43. The molecule has 0 aliphatic heterocycles. The van der Waals surface area contributed by atoms with E-state index in [2.05, 4.69) is 10.6 Å². The Morgan fingerprint density at radius 3 is 2.38 bits per heavy atom. The highest BCUT2D eigenvalue weighted by molar-refractivity contribution is 6.32. The molecule has 0 spiro atoms. The molecule has 2 amide bonds. The summed E-state index contributed by atoms with van der Waals surface area (Å²) in [4.78, 5) is 12.3. The van der Waals surface area contributed by atoms with Gasteiger partial charge in [0.25, 0.3) is 0 Å². The summed E-state index contributed by atoms with van der Waals surface area (Å²) in [6, 6.07) is 9.26. The number of carbonyl (C=O) groups is 1. The summed E-state index contributed by atoms with van der Waals surface area (Å²) in [5, 5.41) is 6.02. The third-order valence-electron chi connectivity index (χ3n) is 4.62. The Balaban J connectivity index is 1.65. The zero-order valence-corrected chi connectivity index (χ0v) is 15.3. The van der Waals surface area contributed by atoms with Crippen molar-refractivity contribution in [3.63, 3.8) is 0 Å². The van der Waals surface area contributed by atoms with Gasteiger partial charge >= 0.3 is 6.03 Å². The van der Waals surface area contributed by atoms with Gasteiger partial charge in [-0.15, -0.1) is 0 Å². The van der Waals surface area contributed by atoms with Crippen molar-refractivity contribution in [3.8, 4) is 11.5 Å². The molecule has 0 heterocycles. The second kappa shape index (κ2) is 7.41. The van der Waals surface area contributed by atoms with Gasteiger partial charge in [-0.1, -0.05) is 23.7 Å². The molecule has 26 heavy (non-hydrogen) atoms. The van der Waals surface area contributed by atoms with Crippen LogP contribution in [0.3, 0.4) is 0 Å². The summed E-state index contributed by atoms with van der Waals surface area (Å²) in [6.07, 6.45) is 1.91. The maximum absolute atomic E-state index is 13.1. The summed E-state index contributed by atoms with van der Waals surface area (Å²) in [5.41, 5.74) is 1.37. The molecule has 0 unspecified atom stereocenters. The first-order valence-electron chi connectivity index (χ1n) is 8.20. The van der Waals surface area contributed by atoms with Gasteiger partial charge in [0, 0.05) is 24.1 Å². The van der Waals surface area contributed by atoms with Crippen LogP contribution in [0.2, 0.25) is 5.02 Å². The molecule has 1 aliphatic rings. The number of ether oxygens (including phenoxy) is 2. The second-order valence-electron chi connectivity index (χ2n) is 6.28. The minimum Gasteiger partial charge on any atom is -0.495 e. The Kier molecular flexibility index (Phi) is 5.23. The van der Waals surface area contributed by atoms with Gasteiger partial charge in [-0.3, -0.25) is 0 Å². The van der Waals surface area contributed by atoms with E-state index >= 15 is 0 Å². The first-order chi connectivity index (χ1) is 12.5. The molecule has 1 fully saturated rings. The quantitative estimate of drug-likeness (QED) is 0.785. The number of hydrogen-bond acceptors (Lipinski definition) is 3. The number of hydrogen-bond donors (Lipinski definition) is 2. The molecule has 5 nitrogen and oxygen atoms in total. The van der Waals surface area contributed by atoms with E-state index in [0.717, 1.165) is 18.4 Å². The first kappa shape index (κ1) is 18.3. The normalized spacial score (nSPS) is 14.5. The van der Waals surface area contributed by atoms with Gasteiger partial charge in [0.05, 0.1) is 24.9 Å². The van der Waals surface area contributed by atoms with Gasteiger partial charge in [-0.2, -0.15) is 0 Å². The number of benzene rings is 2. The van der Waals surface area contributed by atoms with Crippen molar-refractivity contribution in [1.82, 2.24) is 5.32 Å². The summed E-state index contributed by atoms with van der Waals surface area (Å²) < 4.78 is 23.5. The van der Waals surface area contributed by atoms with Gasteiger partial charge in [-0.05, 0) is 30.5 Å². The molecule has 1 aliphatic carbocycles. The number of carbonyl (C=O) groups excluding carboxylic acids is 1. The van der Waals surface area contributed by atoms with E-state index in [1.165, 1.54) is 26.4 Å². The van der Waals surface area contributed by atoms with Crippen molar-refractivity contribution in [3.05, 3.63) is 52.8 Å². The molecule has 0 bridgehead atoms. The Morgan fingerprint density at radius 1 is 1.15 bits per heavy atom. The van der Waals surface area contributed by atoms with Crippen LogP contribution in [0.4, 0.5) is 14.9 Å². The van der Waals surface area contributed by atoms with Crippen LogP contribution in [0.25, 0.3) is 0 Å². The highest BCUT2D eigenvalue weighted by Crippen LogP contribution is 2.47. The molecule has 2 aromatic carbocycles. The standard InChI is InChI=1S/C19H20ClFN2O3/c1-25-16-10-15(17(26-2)9-14(16)20)23-18(24)22-11-19(7-8-19)12-3-5-13(21)6-4-12/h3-6,9-10H,7-8,11H2,1-2H3,(H2,22,23,24). The van der Waals surface area contributed by atoms with Gasteiger partial charge < -0.3 is 20.1 Å². The molecule has 2 aromatic rings. The number of amides is 2. The zero-order chi connectivity index (χ0) is 18.7. The monoisotopic (exact) mass is 378 g/mol. The van der Waals surface area contributed by atoms with Crippen molar-refractivity contribution in [2.75, 3.05) is 26.1 Å². The Hall–Kier alpha value is -2.47. The van der Waals surface area contributed by atoms with Crippen LogP contribution in [-0.2, 0) is 5.41 Å². The number of methoxy groups -OCH3 is 2. The highest BCUT2D eigenvalue weighted by atomic mass is 35.5. The van der Waals surface area contributed by atoms with E-state index < -0.39 is 0 Å². The predicted molar refractivity (Wildman–Crippen MR) is 98.9 cm³/mol. The number of halogens is 2. The summed E-state index contributed by atoms with van der Waals surface area (Å²) in [6.45, 7) is 0.470. The van der Waals surface area contributed by atoms with E-state index in [1.54, 1.807) is 24.3 Å². The number of anilines is 1. The smallest absolute Gasteiger partial charge is 0.319 e. The molecule has 0 aromatic heterocycles. The highest BCUT2D eigenvalue weighted by Gasteiger charge is 2.44. The van der Waals surface area contributed by atoms with E-state index in [-0.39, 0.29) is 17.3 Å². The number of nitrogens with one attached hydrogen (secondary N) is 2. The van der Waals surface area contributed by atoms with E-state index in [4.69, 9.17) is 21.1 Å². The summed E-state index contributed by atoms with van der Waals surface area (Å²) >= 11 is 6.06. The fraction of sp³-hybridized carbons (Fsp3) is 0.316. The predicted octanol–water partition coefficient (Wildman–Crippen LogP) is 4.35. The maximum Gasteiger partial charge on any atom is 0.319 e. The van der Waals surface area contributed by atoms with Gasteiger partial charge in [0.1, 0.15) is 17.3 Å². The lowest BCUT2D eigenvalue weighted by molar-refractivity contribution is 0.251. The lowest BCUT2D eigenvalue weighted by Crippen LogP contribution is -2.35. The van der Waals surface area contributed by atoms with Gasteiger partial charge in [0.15, 0.2) is 0 Å². The average molecular weight is 379 g/mol. The molecule has 0 atom stereocenters. The van der Waals surface area contributed by atoms with Crippen molar-refractivity contribution in [1.29, 1.82) is 0 Å². The van der Waals surface area contributed by atoms with Crippen LogP contribution in [-0.4, -0.2) is 26.8 Å².